The Hall–Kier alpha value is -1.35. The summed E-state index contributed by atoms with van der Waals surface area (Å²) in [4.78, 5) is 14.1. The molecule has 1 aromatic carbocycles. The number of likely N-dealkylation sites (tertiary alicyclic amines) is 1. The first-order valence-electron chi connectivity index (χ1n) is 7.16. The summed E-state index contributed by atoms with van der Waals surface area (Å²) in [6.07, 6.45) is 2.35. The van der Waals surface area contributed by atoms with Crippen molar-refractivity contribution in [2.24, 2.45) is 5.73 Å². The van der Waals surface area contributed by atoms with Crippen molar-refractivity contribution in [1.82, 2.24) is 4.90 Å². The molecule has 2 N–H and O–H groups in total. The Bertz CT molecular complexity index is 470. The number of aryl methyl sites for hydroxylation is 2. The fourth-order valence-corrected chi connectivity index (χ4v) is 2.86. The fourth-order valence-electron chi connectivity index (χ4n) is 2.86. The second kappa shape index (κ2) is 5.74. The van der Waals surface area contributed by atoms with Crippen LogP contribution in [0.2, 0.25) is 0 Å². The summed E-state index contributed by atoms with van der Waals surface area (Å²) >= 11 is 0. The van der Waals surface area contributed by atoms with Gasteiger partial charge in [0.1, 0.15) is 0 Å². The summed E-state index contributed by atoms with van der Waals surface area (Å²) in [7, 11) is 0. The molecule has 1 aliphatic heterocycles. The van der Waals surface area contributed by atoms with Crippen LogP contribution in [-0.4, -0.2) is 23.4 Å². The minimum atomic E-state index is 0.0421. The monoisotopic (exact) mass is 260 g/mol. The van der Waals surface area contributed by atoms with Crippen molar-refractivity contribution in [2.45, 2.75) is 52.1 Å². The van der Waals surface area contributed by atoms with Gasteiger partial charge in [0, 0.05) is 19.0 Å². The van der Waals surface area contributed by atoms with Crippen molar-refractivity contribution in [3.63, 3.8) is 0 Å². The number of hydrogen-bond donors (Lipinski definition) is 1. The van der Waals surface area contributed by atoms with E-state index in [2.05, 4.69) is 39.0 Å². The van der Waals surface area contributed by atoms with E-state index in [9.17, 15) is 4.79 Å². The van der Waals surface area contributed by atoms with Gasteiger partial charge in [-0.3, -0.25) is 4.79 Å². The number of nitrogens with two attached hydrogens (primary N) is 1. The Morgan fingerprint density at radius 1 is 1.32 bits per heavy atom. The predicted molar refractivity (Wildman–Crippen MR) is 77.9 cm³/mol. The van der Waals surface area contributed by atoms with Crippen LogP contribution in [0.4, 0.5) is 0 Å². The zero-order chi connectivity index (χ0) is 14.0. The molecule has 0 aromatic heterocycles. The molecular weight excluding hydrogens is 236 g/mol. The first kappa shape index (κ1) is 14.1. The van der Waals surface area contributed by atoms with Gasteiger partial charge in [-0.25, -0.2) is 0 Å². The number of piperidine rings is 1. The highest BCUT2D eigenvalue weighted by molar-refractivity contribution is 5.78. The Balaban J connectivity index is 2.36. The Morgan fingerprint density at radius 2 is 2.05 bits per heavy atom. The molecule has 3 heteroatoms. The van der Waals surface area contributed by atoms with Gasteiger partial charge in [-0.15, -0.1) is 0 Å². The van der Waals surface area contributed by atoms with E-state index < -0.39 is 0 Å². The summed E-state index contributed by atoms with van der Waals surface area (Å²) in [5.41, 5.74) is 10.0. The average Bonchev–Trinajstić information content (AvgIpc) is 2.38. The molecule has 0 saturated carbocycles. The molecule has 2 rings (SSSR count). The summed E-state index contributed by atoms with van der Waals surface area (Å²) < 4.78 is 0. The second-order valence-electron chi connectivity index (χ2n) is 5.58. The highest BCUT2D eigenvalue weighted by Gasteiger charge is 2.34. The molecule has 1 saturated heterocycles. The van der Waals surface area contributed by atoms with Crippen LogP contribution in [0.15, 0.2) is 18.2 Å². The van der Waals surface area contributed by atoms with Crippen molar-refractivity contribution in [2.75, 3.05) is 6.54 Å². The molecule has 1 aliphatic rings. The van der Waals surface area contributed by atoms with Gasteiger partial charge in [0.25, 0.3) is 0 Å². The van der Waals surface area contributed by atoms with Crippen molar-refractivity contribution < 1.29 is 4.79 Å². The van der Waals surface area contributed by atoms with Gasteiger partial charge in [-0.2, -0.15) is 0 Å². The van der Waals surface area contributed by atoms with E-state index >= 15 is 0 Å². The maximum Gasteiger partial charge on any atom is 0.223 e. The second-order valence-corrected chi connectivity index (χ2v) is 5.58. The highest BCUT2D eigenvalue weighted by atomic mass is 16.2. The zero-order valence-electron chi connectivity index (χ0n) is 12.1. The number of rotatable bonds is 3. The van der Waals surface area contributed by atoms with Crippen LogP contribution >= 0.6 is 0 Å². The first-order valence-corrected chi connectivity index (χ1v) is 7.16. The van der Waals surface area contributed by atoms with Crippen LogP contribution < -0.4 is 5.73 Å². The van der Waals surface area contributed by atoms with Gasteiger partial charge in [0.15, 0.2) is 0 Å². The molecule has 0 radical (unpaired) electrons. The highest BCUT2D eigenvalue weighted by Crippen LogP contribution is 2.31. The van der Waals surface area contributed by atoms with Gasteiger partial charge in [-0.1, -0.05) is 25.1 Å². The summed E-state index contributed by atoms with van der Waals surface area (Å²) in [5.74, 6) is 0.242. The van der Waals surface area contributed by atoms with Crippen molar-refractivity contribution in [3.05, 3.63) is 34.9 Å². The largest absolute Gasteiger partial charge is 0.334 e. The molecule has 1 fully saturated rings. The third-order valence-electron chi connectivity index (χ3n) is 4.09. The average molecular weight is 260 g/mol. The van der Waals surface area contributed by atoms with Crippen molar-refractivity contribution >= 4 is 5.91 Å². The van der Waals surface area contributed by atoms with Crippen LogP contribution in [0.5, 0.6) is 0 Å². The number of carbonyl (C=O) groups is 1. The molecule has 19 heavy (non-hydrogen) atoms. The van der Waals surface area contributed by atoms with E-state index in [-0.39, 0.29) is 18.0 Å². The lowest BCUT2D eigenvalue weighted by Gasteiger charge is -2.40. The molecular formula is C16H24N2O. The Labute approximate surface area is 115 Å². The predicted octanol–water partition coefficient (Wildman–Crippen LogP) is 2.70. The topological polar surface area (TPSA) is 46.3 Å². The van der Waals surface area contributed by atoms with E-state index in [0.29, 0.717) is 6.42 Å². The molecule has 0 aliphatic carbocycles. The van der Waals surface area contributed by atoms with Crippen LogP contribution in [0.1, 0.15) is 48.9 Å². The normalized spacial score (nSPS) is 23.8. The third-order valence-corrected chi connectivity index (χ3v) is 4.09. The van der Waals surface area contributed by atoms with E-state index in [4.69, 9.17) is 5.73 Å². The van der Waals surface area contributed by atoms with Crippen LogP contribution in [0.25, 0.3) is 0 Å². The summed E-state index contributed by atoms with van der Waals surface area (Å²) in [6.45, 7) is 7.11. The van der Waals surface area contributed by atoms with Crippen LogP contribution in [0, 0.1) is 13.8 Å². The van der Waals surface area contributed by atoms with E-state index in [1.807, 2.05) is 4.90 Å². The van der Waals surface area contributed by atoms with Gasteiger partial charge < -0.3 is 10.6 Å². The number of carbonyl (C=O) groups excluding carboxylic acids is 1. The Kier molecular flexibility index (Phi) is 4.25. The number of nitrogens with zero attached hydrogens (tertiary/aromatic N) is 1. The number of benzene rings is 1. The lowest BCUT2D eigenvalue weighted by atomic mass is 9.89. The molecule has 2 unspecified atom stereocenters. The van der Waals surface area contributed by atoms with Crippen LogP contribution in [-0.2, 0) is 4.79 Å². The van der Waals surface area contributed by atoms with Gasteiger partial charge >= 0.3 is 0 Å². The van der Waals surface area contributed by atoms with Gasteiger partial charge in [0.2, 0.25) is 5.91 Å². The standard InChI is InChI=1S/C16H24N2O/c1-4-9-18-15(19)8-7-14(17)16(18)13-6-5-11(2)12(3)10-13/h5-6,10,14,16H,4,7-9,17H2,1-3H3. The summed E-state index contributed by atoms with van der Waals surface area (Å²) in [5, 5.41) is 0. The molecule has 2 atom stereocenters. The Morgan fingerprint density at radius 3 is 2.68 bits per heavy atom. The smallest absolute Gasteiger partial charge is 0.223 e. The number of amides is 1. The van der Waals surface area contributed by atoms with Crippen molar-refractivity contribution in [1.29, 1.82) is 0 Å². The molecule has 104 valence electrons. The zero-order valence-corrected chi connectivity index (χ0v) is 12.1. The summed E-state index contributed by atoms with van der Waals surface area (Å²) in [6, 6.07) is 6.52. The lowest BCUT2D eigenvalue weighted by Crippen LogP contribution is -2.49. The molecule has 1 amide bonds. The van der Waals surface area contributed by atoms with Crippen LogP contribution in [0.3, 0.4) is 0 Å². The minimum Gasteiger partial charge on any atom is -0.334 e. The molecule has 0 bridgehead atoms. The minimum absolute atomic E-state index is 0.0421. The maximum absolute atomic E-state index is 12.1. The molecule has 1 aromatic rings. The van der Waals surface area contributed by atoms with Crippen molar-refractivity contribution in [3.8, 4) is 0 Å². The maximum atomic E-state index is 12.1. The molecule has 1 heterocycles. The fraction of sp³-hybridized carbons (Fsp3) is 0.562. The quantitative estimate of drug-likeness (QED) is 0.908. The first-order chi connectivity index (χ1) is 9.04. The van der Waals surface area contributed by atoms with E-state index in [1.54, 1.807) is 0 Å². The SMILES string of the molecule is CCCN1C(=O)CCC(N)C1c1ccc(C)c(C)c1. The molecule has 0 spiro atoms. The third kappa shape index (κ3) is 2.81. The van der Waals surface area contributed by atoms with Gasteiger partial charge in [0.05, 0.1) is 6.04 Å². The van der Waals surface area contributed by atoms with E-state index in [1.165, 1.54) is 16.7 Å². The van der Waals surface area contributed by atoms with E-state index in [0.717, 1.165) is 19.4 Å². The molecule has 3 nitrogen and oxygen atoms in total. The lowest BCUT2D eigenvalue weighted by molar-refractivity contribution is -0.137. The number of hydrogen-bond acceptors (Lipinski definition) is 2. The van der Waals surface area contributed by atoms with Gasteiger partial charge in [-0.05, 0) is 43.4 Å².